The number of nitrogens with one attached hydrogen (secondary N) is 1. The van der Waals surface area contributed by atoms with E-state index in [1.165, 1.54) is 22.3 Å². The molecular formula is C30H32BNO4. The second-order valence-electron chi connectivity index (χ2n) is 10.4. The van der Waals surface area contributed by atoms with Crippen LogP contribution < -0.4 is 10.8 Å². The minimum absolute atomic E-state index is 0.0522. The van der Waals surface area contributed by atoms with Crippen LogP contribution in [0.1, 0.15) is 50.3 Å². The molecule has 36 heavy (non-hydrogen) atoms. The van der Waals surface area contributed by atoms with Crippen LogP contribution in [0, 0.1) is 0 Å². The Morgan fingerprint density at radius 3 is 2.17 bits per heavy atom. The molecule has 1 aliphatic carbocycles. The highest BCUT2D eigenvalue weighted by Gasteiger charge is 2.51. The average molecular weight is 481 g/mol. The SMILES string of the molecule is CC1(C)OB(c2cccc(C=CCNC(=O)OCC3c4ccccc4-c4ccccc43)c2)OC1(C)C. The molecule has 0 atom stereocenters. The molecule has 3 aromatic carbocycles. The van der Waals surface area contributed by atoms with Crippen molar-refractivity contribution in [3.05, 3.63) is 95.6 Å². The Kier molecular flexibility index (Phi) is 6.50. The number of alkyl carbamates (subject to hydrolysis) is 1. The van der Waals surface area contributed by atoms with Crippen molar-refractivity contribution in [1.29, 1.82) is 0 Å². The van der Waals surface area contributed by atoms with Crippen molar-refractivity contribution in [3.63, 3.8) is 0 Å². The second-order valence-corrected chi connectivity index (χ2v) is 10.4. The van der Waals surface area contributed by atoms with Crippen LogP contribution in [0.2, 0.25) is 0 Å². The minimum Gasteiger partial charge on any atom is -0.449 e. The number of rotatable bonds is 6. The summed E-state index contributed by atoms with van der Waals surface area (Å²) < 4.78 is 17.9. The zero-order valence-corrected chi connectivity index (χ0v) is 21.3. The fourth-order valence-corrected chi connectivity index (χ4v) is 4.78. The van der Waals surface area contributed by atoms with E-state index < -0.39 is 13.2 Å². The van der Waals surface area contributed by atoms with Gasteiger partial charge in [0, 0.05) is 12.5 Å². The summed E-state index contributed by atoms with van der Waals surface area (Å²) >= 11 is 0. The molecule has 1 amide bonds. The summed E-state index contributed by atoms with van der Waals surface area (Å²) in [4.78, 5) is 12.4. The van der Waals surface area contributed by atoms with Gasteiger partial charge in [-0.15, -0.1) is 0 Å². The molecule has 0 radical (unpaired) electrons. The fourth-order valence-electron chi connectivity index (χ4n) is 4.78. The van der Waals surface area contributed by atoms with E-state index in [4.69, 9.17) is 14.0 Å². The van der Waals surface area contributed by atoms with Gasteiger partial charge in [0.05, 0.1) is 11.2 Å². The highest BCUT2D eigenvalue weighted by atomic mass is 16.7. The molecule has 5 rings (SSSR count). The summed E-state index contributed by atoms with van der Waals surface area (Å²) in [7, 11) is -0.401. The minimum atomic E-state index is -0.424. The van der Waals surface area contributed by atoms with Crippen LogP contribution in [-0.2, 0) is 14.0 Å². The van der Waals surface area contributed by atoms with Crippen LogP contribution in [0.3, 0.4) is 0 Å². The molecule has 1 aliphatic heterocycles. The monoisotopic (exact) mass is 481 g/mol. The summed E-state index contributed by atoms with van der Waals surface area (Å²) in [6.45, 7) is 8.87. The Morgan fingerprint density at radius 2 is 1.53 bits per heavy atom. The first-order chi connectivity index (χ1) is 17.2. The number of fused-ring (bicyclic) bond motifs is 3. The Balaban J connectivity index is 1.14. The molecule has 5 nitrogen and oxygen atoms in total. The predicted molar refractivity (Wildman–Crippen MR) is 144 cm³/mol. The number of carbonyl (C=O) groups excluding carboxylic acids is 1. The third-order valence-corrected chi connectivity index (χ3v) is 7.45. The topological polar surface area (TPSA) is 56.8 Å². The summed E-state index contributed by atoms with van der Waals surface area (Å²) in [5.41, 5.74) is 6.06. The Hall–Kier alpha value is -3.35. The molecule has 0 aromatic heterocycles. The largest absolute Gasteiger partial charge is 0.494 e. The number of hydrogen-bond acceptors (Lipinski definition) is 4. The third kappa shape index (κ3) is 4.71. The summed E-state index contributed by atoms with van der Waals surface area (Å²) in [6, 6.07) is 24.7. The molecule has 184 valence electrons. The number of benzene rings is 3. The second kappa shape index (κ2) is 9.60. The van der Waals surface area contributed by atoms with Gasteiger partial charge in [0.2, 0.25) is 0 Å². The molecular weight excluding hydrogens is 449 g/mol. The van der Waals surface area contributed by atoms with E-state index in [1.807, 2.05) is 88.4 Å². The standard InChI is InChI=1S/C30H32BNO4/c1-29(2)30(3,4)36-31(35-29)22-13-9-11-21(19-22)12-10-18-32-28(33)34-20-27-25-16-7-5-14-23(25)24-15-6-8-17-26(24)27/h5-17,19,27H,18,20H2,1-4H3,(H,32,33). The third-order valence-electron chi connectivity index (χ3n) is 7.45. The van der Waals surface area contributed by atoms with Gasteiger partial charge in [-0.3, -0.25) is 0 Å². The lowest BCUT2D eigenvalue weighted by atomic mass is 9.78. The van der Waals surface area contributed by atoms with E-state index in [0.717, 1.165) is 11.0 Å². The van der Waals surface area contributed by atoms with E-state index in [0.29, 0.717) is 13.2 Å². The first kappa shape index (κ1) is 24.4. The molecule has 2 aliphatic rings. The van der Waals surface area contributed by atoms with E-state index in [9.17, 15) is 4.79 Å². The van der Waals surface area contributed by atoms with Crippen LogP contribution in [0.5, 0.6) is 0 Å². The molecule has 1 fully saturated rings. The molecule has 3 aromatic rings. The summed E-state index contributed by atoms with van der Waals surface area (Å²) in [6.07, 6.45) is 3.45. The van der Waals surface area contributed by atoms with Crippen molar-refractivity contribution in [1.82, 2.24) is 5.32 Å². The predicted octanol–water partition coefficient (Wildman–Crippen LogP) is 5.54. The first-order valence-electron chi connectivity index (χ1n) is 12.5. The zero-order valence-electron chi connectivity index (χ0n) is 21.3. The Labute approximate surface area is 213 Å². The van der Waals surface area contributed by atoms with Gasteiger partial charge in [0.1, 0.15) is 6.61 Å². The molecule has 1 N–H and O–H groups in total. The van der Waals surface area contributed by atoms with Gasteiger partial charge in [-0.1, -0.05) is 84.9 Å². The van der Waals surface area contributed by atoms with Crippen LogP contribution in [0.15, 0.2) is 78.9 Å². The van der Waals surface area contributed by atoms with Crippen molar-refractivity contribution in [2.75, 3.05) is 13.2 Å². The zero-order chi connectivity index (χ0) is 25.3. The molecule has 1 heterocycles. The van der Waals surface area contributed by atoms with Gasteiger partial charge < -0.3 is 19.4 Å². The van der Waals surface area contributed by atoms with E-state index in [2.05, 4.69) is 29.6 Å². The molecule has 0 saturated carbocycles. The lowest BCUT2D eigenvalue weighted by Crippen LogP contribution is -2.41. The lowest BCUT2D eigenvalue weighted by Gasteiger charge is -2.32. The van der Waals surface area contributed by atoms with Crippen LogP contribution in [0.4, 0.5) is 4.79 Å². The lowest BCUT2D eigenvalue weighted by molar-refractivity contribution is 0.00578. The van der Waals surface area contributed by atoms with Crippen molar-refractivity contribution >= 4 is 24.8 Å². The van der Waals surface area contributed by atoms with Crippen LogP contribution >= 0.6 is 0 Å². The van der Waals surface area contributed by atoms with E-state index >= 15 is 0 Å². The van der Waals surface area contributed by atoms with Gasteiger partial charge in [-0.2, -0.15) is 0 Å². The quantitative estimate of drug-likeness (QED) is 0.470. The van der Waals surface area contributed by atoms with Gasteiger partial charge in [-0.05, 0) is 61.0 Å². The smallest absolute Gasteiger partial charge is 0.449 e. The molecule has 0 unspecified atom stereocenters. The Bertz CT molecular complexity index is 1240. The van der Waals surface area contributed by atoms with Crippen molar-refractivity contribution < 1.29 is 18.8 Å². The number of hydrogen-bond donors (Lipinski definition) is 1. The first-order valence-corrected chi connectivity index (χ1v) is 12.5. The average Bonchev–Trinajstić information content (AvgIpc) is 3.30. The highest BCUT2D eigenvalue weighted by molar-refractivity contribution is 6.62. The van der Waals surface area contributed by atoms with E-state index in [-0.39, 0.29) is 17.1 Å². The molecule has 1 saturated heterocycles. The summed E-state index contributed by atoms with van der Waals surface area (Å²) in [5.74, 6) is 0.0522. The van der Waals surface area contributed by atoms with Gasteiger partial charge in [-0.25, -0.2) is 4.79 Å². The van der Waals surface area contributed by atoms with Gasteiger partial charge in [0.15, 0.2) is 0 Å². The maximum Gasteiger partial charge on any atom is 0.494 e. The van der Waals surface area contributed by atoms with Crippen molar-refractivity contribution in [3.8, 4) is 11.1 Å². The fraction of sp³-hybridized carbons (Fsp3) is 0.300. The molecule has 6 heteroatoms. The van der Waals surface area contributed by atoms with Crippen LogP contribution in [0.25, 0.3) is 17.2 Å². The maximum absolute atomic E-state index is 12.4. The maximum atomic E-state index is 12.4. The van der Waals surface area contributed by atoms with Gasteiger partial charge in [0.25, 0.3) is 0 Å². The highest BCUT2D eigenvalue weighted by Crippen LogP contribution is 2.44. The molecule has 0 bridgehead atoms. The Morgan fingerprint density at radius 1 is 0.917 bits per heavy atom. The summed E-state index contributed by atoms with van der Waals surface area (Å²) in [5, 5.41) is 2.82. The van der Waals surface area contributed by atoms with Crippen molar-refractivity contribution in [2.24, 2.45) is 0 Å². The van der Waals surface area contributed by atoms with Crippen LogP contribution in [-0.4, -0.2) is 37.6 Å². The molecule has 0 spiro atoms. The van der Waals surface area contributed by atoms with Gasteiger partial charge >= 0.3 is 13.2 Å². The number of carbonyl (C=O) groups is 1. The normalized spacial score (nSPS) is 17.7. The number of ether oxygens (including phenoxy) is 1. The number of amides is 1. The van der Waals surface area contributed by atoms with E-state index in [1.54, 1.807) is 0 Å². The van der Waals surface area contributed by atoms with Crippen molar-refractivity contribution in [2.45, 2.75) is 44.8 Å².